The lowest BCUT2D eigenvalue weighted by Crippen LogP contribution is -2.26. The zero-order valence-electron chi connectivity index (χ0n) is 13.2. The van der Waals surface area contributed by atoms with Crippen LogP contribution in [0.1, 0.15) is 24.2 Å². The van der Waals surface area contributed by atoms with Crippen molar-refractivity contribution in [1.29, 1.82) is 0 Å². The van der Waals surface area contributed by atoms with Gasteiger partial charge in [-0.05, 0) is 42.3 Å². The third-order valence-corrected chi connectivity index (χ3v) is 4.72. The van der Waals surface area contributed by atoms with E-state index in [-0.39, 0.29) is 17.8 Å². The SMILES string of the molecule is CCN1C(=O)Cc2cc3c(cc21)N(C)C(c1ccc(O)cc1)N3. The van der Waals surface area contributed by atoms with Crippen LogP contribution in [0.4, 0.5) is 17.1 Å². The minimum Gasteiger partial charge on any atom is -0.508 e. The summed E-state index contributed by atoms with van der Waals surface area (Å²) in [6, 6.07) is 11.4. The largest absolute Gasteiger partial charge is 0.508 e. The number of nitrogens with zero attached hydrogens (tertiary/aromatic N) is 2. The molecule has 5 heteroatoms. The molecule has 2 aromatic rings. The molecule has 1 unspecified atom stereocenters. The summed E-state index contributed by atoms with van der Waals surface area (Å²) in [6.07, 6.45) is 0.505. The molecule has 1 amide bonds. The quantitative estimate of drug-likeness (QED) is 0.895. The molecule has 5 nitrogen and oxygen atoms in total. The number of hydrogen-bond acceptors (Lipinski definition) is 4. The van der Waals surface area contributed by atoms with E-state index in [0.717, 1.165) is 28.2 Å². The van der Waals surface area contributed by atoms with E-state index < -0.39 is 0 Å². The summed E-state index contributed by atoms with van der Waals surface area (Å²) in [5, 5.41) is 13.0. The highest BCUT2D eigenvalue weighted by molar-refractivity contribution is 6.03. The van der Waals surface area contributed by atoms with Crippen molar-refractivity contribution in [3.63, 3.8) is 0 Å². The van der Waals surface area contributed by atoms with Crippen molar-refractivity contribution >= 4 is 23.0 Å². The molecule has 118 valence electrons. The van der Waals surface area contributed by atoms with Crippen LogP contribution in [0.3, 0.4) is 0 Å². The number of fused-ring (bicyclic) bond motifs is 2. The second-order valence-electron chi connectivity index (χ2n) is 6.06. The monoisotopic (exact) mass is 309 g/mol. The fourth-order valence-electron chi connectivity index (χ4n) is 3.51. The van der Waals surface area contributed by atoms with Gasteiger partial charge in [0.25, 0.3) is 0 Å². The number of likely N-dealkylation sites (N-methyl/N-ethyl adjacent to an activating group) is 1. The summed E-state index contributed by atoms with van der Waals surface area (Å²) in [4.78, 5) is 16.1. The Morgan fingerprint density at radius 3 is 2.65 bits per heavy atom. The molecule has 0 saturated carbocycles. The first-order valence-electron chi connectivity index (χ1n) is 7.84. The van der Waals surface area contributed by atoms with E-state index in [1.165, 1.54) is 0 Å². The lowest BCUT2D eigenvalue weighted by Gasteiger charge is -2.23. The minimum atomic E-state index is 0.0268. The molecule has 2 aromatic carbocycles. The number of aromatic hydroxyl groups is 1. The van der Waals surface area contributed by atoms with E-state index in [1.54, 1.807) is 12.1 Å². The van der Waals surface area contributed by atoms with Crippen LogP contribution in [-0.4, -0.2) is 24.6 Å². The standard InChI is InChI=1S/C18H19N3O2/c1-3-21-15-10-16-14(8-12(15)9-17(21)23)19-18(20(16)2)11-4-6-13(22)7-5-11/h4-8,10,18-19,22H,3,9H2,1-2H3. The molecular formula is C18H19N3O2. The van der Waals surface area contributed by atoms with Gasteiger partial charge in [-0.1, -0.05) is 12.1 Å². The van der Waals surface area contributed by atoms with Gasteiger partial charge >= 0.3 is 0 Å². The van der Waals surface area contributed by atoms with E-state index in [4.69, 9.17) is 0 Å². The Kier molecular flexibility index (Phi) is 2.98. The van der Waals surface area contributed by atoms with Gasteiger partial charge in [0.2, 0.25) is 5.91 Å². The van der Waals surface area contributed by atoms with E-state index in [1.807, 2.05) is 31.0 Å². The summed E-state index contributed by atoms with van der Waals surface area (Å²) in [5.41, 5.74) is 5.34. The lowest BCUT2D eigenvalue weighted by atomic mass is 10.1. The minimum absolute atomic E-state index is 0.0268. The number of hydrogen-bond donors (Lipinski definition) is 2. The highest BCUT2D eigenvalue weighted by Crippen LogP contribution is 2.45. The molecule has 2 aliphatic rings. The van der Waals surface area contributed by atoms with E-state index in [9.17, 15) is 9.90 Å². The van der Waals surface area contributed by atoms with Gasteiger partial charge in [-0.3, -0.25) is 4.79 Å². The van der Waals surface area contributed by atoms with E-state index >= 15 is 0 Å². The average Bonchev–Trinajstić information content (AvgIpc) is 3.02. The Balaban J connectivity index is 1.72. The topological polar surface area (TPSA) is 55.8 Å². The van der Waals surface area contributed by atoms with Crippen molar-refractivity contribution in [3.05, 3.63) is 47.5 Å². The van der Waals surface area contributed by atoms with Crippen LogP contribution in [0.15, 0.2) is 36.4 Å². The van der Waals surface area contributed by atoms with Crippen LogP contribution in [-0.2, 0) is 11.2 Å². The smallest absolute Gasteiger partial charge is 0.231 e. The van der Waals surface area contributed by atoms with Gasteiger partial charge in [0.1, 0.15) is 11.9 Å². The number of benzene rings is 2. The first-order valence-corrected chi connectivity index (χ1v) is 7.84. The average molecular weight is 309 g/mol. The maximum absolute atomic E-state index is 12.1. The summed E-state index contributed by atoms with van der Waals surface area (Å²) in [7, 11) is 2.04. The van der Waals surface area contributed by atoms with Gasteiger partial charge in [0.15, 0.2) is 0 Å². The molecule has 0 aliphatic carbocycles. The number of anilines is 3. The third kappa shape index (κ3) is 2.04. The Bertz CT molecular complexity index is 786. The third-order valence-electron chi connectivity index (χ3n) is 4.72. The van der Waals surface area contributed by atoms with Crippen molar-refractivity contribution in [2.24, 2.45) is 0 Å². The zero-order chi connectivity index (χ0) is 16.1. The predicted molar refractivity (Wildman–Crippen MR) is 91.0 cm³/mol. The van der Waals surface area contributed by atoms with Crippen LogP contribution in [0.25, 0.3) is 0 Å². The summed E-state index contributed by atoms with van der Waals surface area (Å²) < 4.78 is 0. The van der Waals surface area contributed by atoms with Crippen molar-refractivity contribution in [3.8, 4) is 5.75 Å². The Morgan fingerprint density at radius 1 is 1.22 bits per heavy atom. The molecule has 4 rings (SSSR count). The Morgan fingerprint density at radius 2 is 1.96 bits per heavy atom. The second-order valence-corrected chi connectivity index (χ2v) is 6.06. The molecule has 2 aliphatic heterocycles. The molecule has 2 N–H and O–H groups in total. The zero-order valence-corrected chi connectivity index (χ0v) is 13.2. The highest BCUT2D eigenvalue weighted by atomic mass is 16.3. The van der Waals surface area contributed by atoms with Gasteiger partial charge in [-0.25, -0.2) is 0 Å². The molecular weight excluding hydrogens is 290 g/mol. The van der Waals surface area contributed by atoms with Crippen LogP contribution in [0, 0.1) is 0 Å². The fourth-order valence-corrected chi connectivity index (χ4v) is 3.51. The molecule has 0 aromatic heterocycles. The van der Waals surface area contributed by atoms with E-state index in [0.29, 0.717) is 13.0 Å². The molecule has 0 spiro atoms. The maximum atomic E-state index is 12.1. The second kappa shape index (κ2) is 4.91. The number of rotatable bonds is 2. The number of nitrogens with one attached hydrogen (secondary N) is 1. The summed E-state index contributed by atoms with van der Waals surface area (Å²) >= 11 is 0. The lowest BCUT2D eigenvalue weighted by molar-refractivity contribution is -0.117. The van der Waals surface area contributed by atoms with E-state index in [2.05, 4.69) is 22.3 Å². The first kappa shape index (κ1) is 13.9. The normalized spacial score (nSPS) is 18.9. The fraction of sp³-hybridized carbons (Fsp3) is 0.278. The number of phenolic OH excluding ortho intramolecular Hbond substituents is 1. The predicted octanol–water partition coefficient (Wildman–Crippen LogP) is 2.86. The van der Waals surface area contributed by atoms with Crippen molar-refractivity contribution < 1.29 is 9.90 Å². The van der Waals surface area contributed by atoms with Crippen molar-refractivity contribution in [2.75, 3.05) is 28.7 Å². The number of amides is 1. The van der Waals surface area contributed by atoms with Gasteiger partial charge in [-0.15, -0.1) is 0 Å². The first-order chi connectivity index (χ1) is 11.1. The molecule has 0 bridgehead atoms. The van der Waals surface area contributed by atoms with Crippen LogP contribution in [0.2, 0.25) is 0 Å². The Hall–Kier alpha value is -2.69. The Labute approximate surface area is 135 Å². The molecule has 2 heterocycles. The van der Waals surface area contributed by atoms with Crippen molar-refractivity contribution in [2.45, 2.75) is 19.5 Å². The van der Waals surface area contributed by atoms with Gasteiger partial charge in [0, 0.05) is 19.3 Å². The number of carbonyl (C=O) groups is 1. The maximum Gasteiger partial charge on any atom is 0.231 e. The van der Waals surface area contributed by atoms with Crippen LogP contribution < -0.4 is 15.1 Å². The molecule has 0 saturated heterocycles. The van der Waals surface area contributed by atoms with Crippen molar-refractivity contribution in [1.82, 2.24) is 0 Å². The molecule has 1 atom stereocenters. The van der Waals surface area contributed by atoms with Crippen LogP contribution >= 0.6 is 0 Å². The molecule has 0 radical (unpaired) electrons. The van der Waals surface area contributed by atoms with Gasteiger partial charge < -0.3 is 20.2 Å². The van der Waals surface area contributed by atoms with Gasteiger partial charge in [-0.2, -0.15) is 0 Å². The molecule has 0 fully saturated rings. The highest BCUT2D eigenvalue weighted by Gasteiger charge is 2.33. The number of phenols is 1. The van der Waals surface area contributed by atoms with Gasteiger partial charge in [0.05, 0.1) is 17.8 Å². The molecule has 23 heavy (non-hydrogen) atoms. The summed E-state index contributed by atoms with van der Waals surface area (Å²) in [6.45, 7) is 2.70. The number of carbonyl (C=O) groups excluding carboxylic acids is 1. The van der Waals surface area contributed by atoms with Crippen LogP contribution in [0.5, 0.6) is 5.75 Å². The summed E-state index contributed by atoms with van der Waals surface area (Å²) in [5.74, 6) is 0.437.